The van der Waals surface area contributed by atoms with Crippen LogP contribution in [0.4, 0.5) is 8.78 Å². The van der Waals surface area contributed by atoms with E-state index in [-0.39, 0.29) is 0 Å². The number of morpholine rings is 1. The van der Waals surface area contributed by atoms with E-state index in [4.69, 9.17) is 4.74 Å². The minimum absolute atomic E-state index is 0.924. The van der Waals surface area contributed by atoms with Gasteiger partial charge in [0.1, 0.15) is 0 Å². The lowest BCUT2D eigenvalue weighted by molar-refractivity contribution is -0.105. The molecule has 1 heterocycles. The van der Waals surface area contributed by atoms with Crippen molar-refractivity contribution >= 4 is 0 Å². The topological polar surface area (TPSA) is 21.7 Å². The molecule has 0 aliphatic carbocycles. The Morgan fingerprint density at radius 2 is 1.67 bits per heavy atom. The Balaban J connectivity index is 0. The number of hydrogen-bond donors (Lipinski definition) is 0. The van der Waals surface area contributed by atoms with E-state index in [1.807, 2.05) is 13.8 Å². The van der Waals surface area contributed by atoms with E-state index in [1.54, 1.807) is 0 Å². The fourth-order valence-electron chi connectivity index (χ4n) is 0.917. The van der Waals surface area contributed by atoms with Gasteiger partial charge in [-0.15, -0.1) is 0 Å². The molecule has 0 bridgehead atoms. The lowest BCUT2D eigenvalue weighted by Gasteiger charge is -2.24. The summed E-state index contributed by atoms with van der Waals surface area (Å²) in [6.07, 6.45) is 0. The lowest BCUT2D eigenvalue weighted by atomic mass is 10.4. The van der Waals surface area contributed by atoms with Crippen LogP contribution in [0.15, 0.2) is 0 Å². The predicted octanol–water partition coefficient (Wildman–Crippen LogP) is 2.22. The van der Waals surface area contributed by atoms with Gasteiger partial charge in [0.15, 0.2) is 0 Å². The maximum absolute atomic E-state index is 10.5. The van der Waals surface area contributed by atoms with Gasteiger partial charge < -0.3 is 9.47 Å². The summed E-state index contributed by atoms with van der Waals surface area (Å²) in [5, 5.41) is 0. The lowest BCUT2D eigenvalue weighted by Crippen LogP contribution is -2.35. The normalized spacial score (nSPS) is 16.2. The third kappa shape index (κ3) is 13.7. The Bertz CT molecular complexity index is 110. The number of alkyl halides is 2. The quantitative estimate of drug-likeness (QED) is 0.722. The maximum Gasteiger partial charge on any atom is 0.345 e. The molecule has 0 aromatic carbocycles. The van der Waals surface area contributed by atoms with Crippen molar-refractivity contribution in [3.8, 4) is 0 Å². The summed E-state index contributed by atoms with van der Waals surface area (Å²) in [4.78, 5) is 2.39. The summed E-state index contributed by atoms with van der Waals surface area (Å²) in [6.45, 7) is 8.83. The van der Waals surface area contributed by atoms with Gasteiger partial charge in [-0.05, 0) is 6.54 Å². The second-order valence-electron chi connectivity index (χ2n) is 2.54. The first-order chi connectivity index (χ1) is 7.20. The summed E-state index contributed by atoms with van der Waals surface area (Å²) < 4.78 is 29.7. The molecule has 0 atom stereocenters. The van der Waals surface area contributed by atoms with Gasteiger partial charge in [-0.3, -0.25) is 4.90 Å². The fourth-order valence-corrected chi connectivity index (χ4v) is 0.917. The number of methoxy groups -OCH3 is 1. The standard InChI is InChI=1S/C6H13NO.C2H4F2O.C2H6/c1-2-7-3-5-8-6-4-7;1-5-2(3)4;1-2/h2-6H2,1H3;2H,1H3;1-2H3. The van der Waals surface area contributed by atoms with Crippen molar-refractivity contribution in [3.63, 3.8) is 0 Å². The Kier molecular flexibility index (Phi) is 15.7. The zero-order valence-electron chi connectivity index (χ0n) is 10.1. The largest absolute Gasteiger partial charge is 0.379 e. The molecule has 15 heavy (non-hydrogen) atoms. The first-order valence-electron chi connectivity index (χ1n) is 5.31. The van der Waals surface area contributed by atoms with Crippen molar-refractivity contribution < 1.29 is 18.3 Å². The highest BCUT2D eigenvalue weighted by atomic mass is 19.3. The molecule has 0 unspecified atom stereocenters. The average molecular weight is 227 g/mol. The van der Waals surface area contributed by atoms with Crippen LogP contribution < -0.4 is 0 Å². The second kappa shape index (κ2) is 13.7. The molecule has 94 valence electrons. The van der Waals surface area contributed by atoms with E-state index in [0.29, 0.717) is 0 Å². The van der Waals surface area contributed by atoms with Crippen LogP contribution in [-0.2, 0) is 9.47 Å². The van der Waals surface area contributed by atoms with E-state index >= 15 is 0 Å². The molecule has 1 aliphatic heterocycles. The molecule has 0 radical (unpaired) electrons. The third-order valence-electron chi connectivity index (χ3n) is 1.73. The van der Waals surface area contributed by atoms with E-state index in [1.165, 1.54) is 6.54 Å². The number of rotatable bonds is 2. The molecule has 1 fully saturated rings. The van der Waals surface area contributed by atoms with Crippen LogP contribution >= 0.6 is 0 Å². The van der Waals surface area contributed by atoms with Gasteiger partial charge in [-0.2, -0.15) is 8.78 Å². The first kappa shape index (κ1) is 17.1. The average Bonchev–Trinajstić information content (AvgIpc) is 2.33. The zero-order valence-corrected chi connectivity index (χ0v) is 10.1. The summed E-state index contributed by atoms with van der Waals surface area (Å²) in [5.74, 6) is 0. The highest BCUT2D eigenvalue weighted by Gasteiger charge is 2.05. The van der Waals surface area contributed by atoms with Crippen molar-refractivity contribution in [2.45, 2.75) is 27.4 Å². The highest BCUT2D eigenvalue weighted by Crippen LogP contribution is 1.93. The number of likely N-dealkylation sites (N-methyl/N-ethyl adjacent to an activating group) is 1. The molecule has 0 amide bonds. The monoisotopic (exact) mass is 227 g/mol. The van der Waals surface area contributed by atoms with Crippen LogP contribution in [0, 0.1) is 0 Å². The van der Waals surface area contributed by atoms with Gasteiger partial charge in [0.2, 0.25) is 0 Å². The van der Waals surface area contributed by atoms with Gasteiger partial charge in [-0.1, -0.05) is 20.8 Å². The number of halogens is 2. The molecule has 1 rings (SSSR count). The molecule has 1 saturated heterocycles. The minimum Gasteiger partial charge on any atom is -0.379 e. The number of hydrogen-bond acceptors (Lipinski definition) is 3. The fraction of sp³-hybridized carbons (Fsp3) is 1.00. The number of ether oxygens (including phenoxy) is 2. The van der Waals surface area contributed by atoms with Gasteiger partial charge in [0.05, 0.1) is 13.2 Å². The summed E-state index contributed by atoms with van der Waals surface area (Å²) in [7, 11) is 0.949. The molecular formula is C10H23F2NO2. The molecule has 3 nitrogen and oxygen atoms in total. The summed E-state index contributed by atoms with van der Waals surface area (Å²) in [6, 6.07) is 0. The summed E-state index contributed by atoms with van der Waals surface area (Å²) >= 11 is 0. The molecular weight excluding hydrogens is 204 g/mol. The zero-order chi connectivity index (χ0) is 12.1. The molecule has 0 saturated carbocycles. The van der Waals surface area contributed by atoms with Crippen molar-refractivity contribution in [3.05, 3.63) is 0 Å². The van der Waals surface area contributed by atoms with E-state index in [9.17, 15) is 8.78 Å². The highest BCUT2D eigenvalue weighted by molar-refractivity contribution is 4.57. The molecule has 0 aromatic heterocycles. The van der Waals surface area contributed by atoms with Crippen LogP contribution in [0.1, 0.15) is 20.8 Å². The van der Waals surface area contributed by atoms with Crippen LogP contribution in [0.3, 0.4) is 0 Å². The van der Waals surface area contributed by atoms with Gasteiger partial charge in [0.25, 0.3) is 0 Å². The van der Waals surface area contributed by atoms with Crippen LogP contribution in [0.2, 0.25) is 0 Å². The Hall–Kier alpha value is -0.260. The van der Waals surface area contributed by atoms with Gasteiger partial charge >= 0.3 is 6.61 Å². The summed E-state index contributed by atoms with van der Waals surface area (Å²) in [5.41, 5.74) is 0. The van der Waals surface area contributed by atoms with Crippen LogP contribution in [0.5, 0.6) is 0 Å². The number of nitrogens with zero attached hydrogens (tertiary/aromatic N) is 1. The van der Waals surface area contributed by atoms with Crippen LogP contribution in [-0.4, -0.2) is 51.5 Å². The van der Waals surface area contributed by atoms with Crippen molar-refractivity contribution in [1.29, 1.82) is 0 Å². The van der Waals surface area contributed by atoms with E-state index in [0.717, 1.165) is 33.4 Å². The first-order valence-corrected chi connectivity index (χ1v) is 5.31. The maximum atomic E-state index is 10.5. The van der Waals surface area contributed by atoms with Gasteiger partial charge in [0, 0.05) is 20.2 Å². The SMILES string of the molecule is CC.CCN1CCOCC1.COC(F)F. The Labute approximate surface area is 91.3 Å². The molecule has 0 aromatic rings. The smallest absolute Gasteiger partial charge is 0.345 e. The Morgan fingerprint density at radius 1 is 1.27 bits per heavy atom. The molecule has 5 heteroatoms. The van der Waals surface area contributed by atoms with Gasteiger partial charge in [-0.25, -0.2) is 0 Å². The third-order valence-corrected chi connectivity index (χ3v) is 1.73. The van der Waals surface area contributed by atoms with Crippen molar-refractivity contribution in [2.75, 3.05) is 40.0 Å². The molecule has 0 N–H and O–H groups in total. The van der Waals surface area contributed by atoms with Crippen LogP contribution in [0.25, 0.3) is 0 Å². The minimum atomic E-state index is -2.62. The molecule has 0 spiro atoms. The van der Waals surface area contributed by atoms with E-state index in [2.05, 4.69) is 16.6 Å². The molecule has 1 aliphatic rings. The predicted molar refractivity (Wildman–Crippen MR) is 57.3 cm³/mol. The second-order valence-corrected chi connectivity index (χ2v) is 2.54. The van der Waals surface area contributed by atoms with E-state index < -0.39 is 6.61 Å². The van der Waals surface area contributed by atoms with Crippen molar-refractivity contribution in [1.82, 2.24) is 4.90 Å². The van der Waals surface area contributed by atoms with Crippen molar-refractivity contribution in [2.24, 2.45) is 0 Å². The Morgan fingerprint density at radius 3 is 1.87 bits per heavy atom.